The van der Waals surface area contributed by atoms with Crippen LogP contribution >= 0.6 is 0 Å². The molecule has 1 amide bonds. The van der Waals surface area contributed by atoms with Gasteiger partial charge in [0.05, 0.1) is 11.8 Å². The van der Waals surface area contributed by atoms with Crippen LogP contribution in [-0.4, -0.2) is 20.5 Å². The summed E-state index contributed by atoms with van der Waals surface area (Å²) in [4.78, 5) is 17.0. The zero-order valence-electron chi connectivity index (χ0n) is 14.4. The van der Waals surface area contributed by atoms with E-state index in [0.717, 1.165) is 55.5 Å². The molecule has 1 aliphatic carbocycles. The largest absolute Gasteiger partial charge is 0.416 e. The van der Waals surface area contributed by atoms with E-state index in [-0.39, 0.29) is 11.3 Å². The Morgan fingerprint density at radius 1 is 1.11 bits per heavy atom. The molecule has 2 aromatic heterocycles. The number of aryl methyl sites for hydroxylation is 2. The third-order valence-electron chi connectivity index (χ3n) is 4.76. The Bertz CT molecular complexity index is 1010. The first-order valence-electron chi connectivity index (χ1n) is 8.76. The summed E-state index contributed by atoms with van der Waals surface area (Å²) in [7, 11) is 0. The number of benzene rings is 1. The lowest BCUT2D eigenvalue weighted by Crippen LogP contribution is -2.14. The number of halogens is 3. The van der Waals surface area contributed by atoms with Crippen LogP contribution in [0.1, 0.15) is 46.4 Å². The van der Waals surface area contributed by atoms with Crippen LogP contribution in [-0.2, 0) is 19.0 Å². The van der Waals surface area contributed by atoms with Gasteiger partial charge in [-0.1, -0.05) is 12.5 Å². The van der Waals surface area contributed by atoms with Gasteiger partial charge < -0.3 is 5.32 Å². The summed E-state index contributed by atoms with van der Waals surface area (Å²) in [6.07, 6.45) is 3.82. The number of hydrogen-bond acceptors (Lipinski definition) is 3. The molecule has 0 aliphatic heterocycles. The Morgan fingerprint density at radius 3 is 2.74 bits per heavy atom. The minimum Gasteiger partial charge on any atom is -0.322 e. The number of alkyl halides is 3. The molecular weight excluding hydrogens is 357 g/mol. The highest BCUT2D eigenvalue weighted by Crippen LogP contribution is 2.31. The highest BCUT2D eigenvalue weighted by Gasteiger charge is 2.30. The highest BCUT2D eigenvalue weighted by molar-refractivity contribution is 6.08. The van der Waals surface area contributed by atoms with Gasteiger partial charge in [-0.3, -0.25) is 4.79 Å². The molecule has 140 valence electrons. The molecule has 4 rings (SSSR count). The molecule has 0 spiro atoms. The second kappa shape index (κ2) is 6.68. The summed E-state index contributed by atoms with van der Waals surface area (Å²) < 4.78 is 40.2. The number of carbonyl (C=O) groups is 1. The average Bonchev–Trinajstić information content (AvgIpc) is 2.92. The maximum Gasteiger partial charge on any atom is 0.416 e. The Labute approximate surface area is 153 Å². The molecule has 0 bridgehead atoms. The smallest absolute Gasteiger partial charge is 0.322 e. The Kier molecular flexibility index (Phi) is 4.33. The summed E-state index contributed by atoms with van der Waals surface area (Å²) in [5.74, 6) is -0.537. The highest BCUT2D eigenvalue weighted by atomic mass is 19.4. The van der Waals surface area contributed by atoms with E-state index in [1.54, 1.807) is 10.7 Å². The van der Waals surface area contributed by atoms with E-state index in [1.165, 1.54) is 18.3 Å². The molecule has 3 aromatic rings. The molecule has 2 heterocycles. The van der Waals surface area contributed by atoms with Crippen LogP contribution in [0.2, 0.25) is 0 Å². The van der Waals surface area contributed by atoms with Crippen molar-refractivity contribution in [3.8, 4) is 0 Å². The monoisotopic (exact) mass is 374 g/mol. The standard InChI is InChI=1S/C19H17F3N4O/c20-19(21,22)13-6-4-7-14(9-13)25-18(27)15-11-24-26-16-8-3-1-2-5-12(16)10-23-17(15)26/h4,6-7,9-11H,1-3,5,8H2,(H,25,27). The second-order valence-electron chi connectivity index (χ2n) is 6.62. The summed E-state index contributed by atoms with van der Waals surface area (Å²) in [6, 6.07) is 4.54. The predicted octanol–water partition coefficient (Wildman–Crippen LogP) is 4.27. The molecule has 1 N–H and O–H groups in total. The maximum absolute atomic E-state index is 12.8. The van der Waals surface area contributed by atoms with Crippen molar-refractivity contribution in [2.75, 3.05) is 5.32 Å². The molecular formula is C19H17F3N4O. The van der Waals surface area contributed by atoms with Gasteiger partial charge in [-0.05, 0) is 49.4 Å². The number of nitrogens with one attached hydrogen (secondary N) is 1. The number of amides is 1. The van der Waals surface area contributed by atoms with Crippen molar-refractivity contribution in [2.45, 2.75) is 38.3 Å². The van der Waals surface area contributed by atoms with E-state index in [0.29, 0.717) is 5.65 Å². The molecule has 1 aliphatic rings. The number of aromatic nitrogens is 3. The SMILES string of the molecule is O=C(Nc1cccc(C(F)(F)F)c1)c1cnn2c3c(cnc12)CCCCC3. The van der Waals surface area contributed by atoms with Crippen molar-refractivity contribution in [3.63, 3.8) is 0 Å². The van der Waals surface area contributed by atoms with Crippen LogP contribution in [0.3, 0.4) is 0 Å². The first kappa shape index (κ1) is 17.5. The van der Waals surface area contributed by atoms with Crippen molar-refractivity contribution < 1.29 is 18.0 Å². The fourth-order valence-electron chi connectivity index (χ4n) is 3.41. The van der Waals surface area contributed by atoms with Gasteiger partial charge in [0, 0.05) is 17.6 Å². The lowest BCUT2D eigenvalue weighted by Gasteiger charge is -2.10. The zero-order chi connectivity index (χ0) is 19.0. The maximum atomic E-state index is 12.8. The molecule has 0 unspecified atom stereocenters. The third kappa shape index (κ3) is 3.39. The van der Waals surface area contributed by atoms with E-state index in [4.69, 9.17) is 0 Å². The lowest BCUT2D eigenvalue weighted by atomic mass is 10.1. The molecule has 0 saturated carbocycles. The molecule has 8 heteroatoms. The van der Waals surface area contributed by atoms with Crippen LogP contribution in [0.15, 0.2) is 36.7 Å². The predicted molar refractivity (Wildman–Crippen MR) is 93.6 cm³/mol. The molecule has 0 fully saturated rings. The van der Waals surface area contributed by atoms with Crippen molar-refractivity contribution >= 4 is 17.2 Å². The fraction of sp³-hybridized carbons (Fsp3) is 0.316. The molecule has 5 nitrogen and oxygen atoms in total. The van der Waals surface area contributed by atoms with Crippen molar-refractivity contribution in [3.05, 3.63) is 59.0 Å². The van der Waals surface area contributed by atoms with Gasteiger partial charge in [0.25, 0.3) is 5.91 Å². The fourth-order valence-corrected chi connectivity index (χ4v) is 3.41. The summed E-state index contributed by atoms with van der Waals surface area (Å²) in [5.41, 5.74) is 2.09. The summed E-state index contributed by atoms with van der Waals surface area (Å²) in [6.45, 7) is 0. The lowest BCUT2D eigenvalue weighted by molar-refractivity contribution is -0.137. The van der Waals surface area contributed by atoms with Gasteiger partial charge in [-0.15, -0.1) is 0 Å². The van der Waals surface area contributed by atoms with E-state index in [9.17, 15) is 18.0 Å². The minimum atomic E-state index is -4.47. The quantitative estimate of drug-likeness (QED) is 0.682. The average molecular weight is 374 g/mol. The number of anilines is 1. The van der Waals surface area contributed by atoms with Gasteiger partial charge in [0.2, 0.25) is 0 Å². The molecule has 27 heavy (non-hydrogen) atoms. The molecule has 0 saturated heterocycles. The van der Waals surface area contributed by atoms with Gasteiger partial charge in [-0.2, -0.15) is 18.3 Å². The number of rotatable bonds is 2. The van der Waals surface area contributed by atoms with E-state index >= 15 is 0 Å². The number of nitrogens with zero attached hydrogens (tertiary/aromatic N) is 3. The Balaban J connectivity index is 1.65. The van der Waals surface area contributed by atoms with Crippen LogP contribution in [0.4, 0.5) is 18.9 Å². The topological polar surface area (TPSA) is 59.3 Å². The minimum absolute atomic E-state index is 0.0731. The van der Waals surface area contributed by atoms with Gasteiger partial charge in [0.15, 0.2) is 5.65 Å². The van der Waals surface area contributed by atoms with E-state index < -0.39 is 17.6 Å². The van der Waals surface area contributed by atoms with Crippen LogP contribution < -0.4 is 5.32 Å². The van der Waals surface area contributed by atoms with E-state index in [2.05, 4.69) is 15.4 Å². The molecule has 1 aromatic carbocycles. The van der Waals surface area contributed by atoms with Crippen LogP contribution in [0.5, 0.6) is 0 Å². The zero-order valence-corrected chi connectivity index (χ0v) is 14.4. The number of fused-ring (bicyclic) bond motifs is 3. The van der Waals surface area contributed by atoms with Crippen LogP contribution in [0.25, 0.3) is 5.65 Å². The normalized spacial score (nSPS) is 14.6. The first-order chi connectivity index (χ1) is 12.9. The van der Waals surface area contributed by atoms with E-state index in [1.807, 2.05) is 0 Å². The molecule has 0 atom stereocenters. The van der Waals surface area contributed by atoms with Crippen molar-refractivity contribution in [1.82, 2.24) is 14.6 Å². The molecule has 0 radical (unpaired) electrons. The first-order valence-corrected chi connectivity index (χ1v) is 8.76. The van der Waals surface area contributed by atoms with Gasteiger partial charge >= 0.3 is 6.18 Å². The summed E-state index contributed by atoms with van der Waals surface area (Å²) in [5, 5.41) is 6.82. The Morgan fingerprint density at radius 2 is 1.93 bits per heavy atom. The number of carbonyl (C=O) groups excluding carboxylic acids is 1. The third-order valence-corrected chi connectivity index (χ3v) is 4.76. The summed E-state index contributed by atoms with van der Waals surface area (Å²) >= 11 is 0. The van der Waals surface area contributed by atoms with Crippen molar-refractivity contribution in [2.24, 2.45) is 0 Å². The van der Waals surface area contributed by atoms with Gasteiger partial charge in [0.1, 0.15) is 5.56 Å². The number of hydrogen-bond donors (Lipinski definition) is 1. The van der Waals surface area contributed by atoms with Crippen LogP contribution in [0, 0.1) is 0 Å². The Hall–Kier alpha value is -2.90. The van der Waals surface area contributed by atoms with Crippen molar-refractivity contribution in [1.29, 1.82) is 0 Å². The second-order valence-corrected chi connectivity index (χ2v) is 6.62. The van der Waals surface area contributed by atoms with Gasteiger partial charge in [-0.25, -0.2) is 9.50 Å².